The Morgan fingerprint density at radius 3 is 1.43 bits per heavy atom. The first-order valence-electron chi connectivity index (χ1n) is 17.9. The number of ether oxygens (including phenoxy) is 4. The molecule has 0 aromatic rings. The second-order valence-corrected chi connectivity index (χ2v) is 49.5. The van der Waals surface area contributed by atoms with E-state index in [1.54, 1.807) is 6.08 Å². The molecule has 0 aliphatic carbocycles. The maximum absolute atomic E-state index is 8.49. The predicted molar refractivity (Wildman–Crippen MR) is 222 cm³/mol. The van der Waals surface area contributed by atoms with Crippen LogP contribution < -0.4 is 0 Å². The molecule has 2 fully saturated rings. The number of hydrogen-bond donors (Lipinski definition) is 0. The molecule has 0 radical (unpaired) electrons. The third kappa shape index (κ3) is 40.8. The van der Waals surface area contributed by atoms with Crippen LogP contribution in [0.15, 0.2) is 12.7 Å². The van der Waals surface area contributed by atoms with E-state index in [4.69, 9.17) is 50.4 Å². The molecule has 2 heterocycles. The molecule has 2 aliphatic heterocycles. The Kier molecular flexibility index (Phi) is 26.6. The summed E-state index contributed by atoms with van der Waals surface area (Å²) in [6.45, 7) is 47.5. The van der Waals surface area contributed by atoms with Crippen molar-refractivity contribution in [3.8, 4) is 0 Å². The van der Waals surface area contributed by atoms with Crippen LogP contribution >= 0.6 is 0 Å². The molecule has 2 rings (SSSR count). The molecule has 2 saturated heterocycles. The van der Waals surface area contributed by atoms with Crippen LogP contribution in [0.1, 0.15) is 6.42 Å². The third-order valence-corrected chi connectivity index (χ3v) is 31.3. The molecule has 0 saturated carbocycles. The quantitative estimate of drug-likeness (QED) is 0.0452. The van der Waals surface area contributed by atoms with Crippen LogP contribution in [-0.4, -0.2) is 120 Å². The van der Waals surface area contributed by atoms with Crippen molar-refractivity contribution in [1.29, 1.82) is 0 Å². The number of rotatable bonds is 22. The molecule has 2 aliphatic rings. The molecule has 4 unspecified atom stereocenters. The van der Waals surface area contributed by atoms with E-state index in [0.29, 0.717) is 25.4 Å². The minimum atomic E-state index is -2.27. The SMILES string of the molecule is C=CCOCC1CO1.C[SiH](O[Si](C)(C)C)O[Si](C)(C)O[Si](C)(C)C.C[Si](C)(C)O[Si](C)(C)O[Si](C)(CCCOCC1CO1)O[Si](C)(C)C.[O]=[Pt]=[O]. The fraction of sp³-hybridized carbons (Fsp3) is 0.933. The van der Waals surface area contributed by atoms with Crippen LogP contribution in [0.5, 0.6) is 0 Å². The van der Waals surface area contributed by atoms with E-state index in [1.165, 1.54) is 0 Å². The Bertz CT molecular complexity index is 990. The summed E-state index contributed by atoms with van der Waals surface area (Å²) in [5, 5.41) is 0. The van der Waals surface area contributed by atoms with Gasteiger partial charge in [0.1, 0.15) is 12.2 Å². The van der Waals surface area contributed by atoms with E-state index < -0.39 is 86.7 Å². The van der Waals surface area contributed by atoms with Crippen molar-refractivity contribution in [3.63, 3.8) is 0 Å². The normalized spacial score (nSPS) is 19.6. The molecular formula is C30H76O12PtSi8. The van der Waals surface area contributed by atoms with Crippen LogP contribution in [0.2, 0.25) is 124 Å². The van der Waals surface area contributed by atoms with Gasteiger partial charge >= 0.3 is 51.0 Å². The summed E-state index contributed by atoms with van der Waals surface area (Å²) in [5.41, 5.74) is 0. The van der Waals surface area contributed by atoms with Gasteiger partial charge in [0, 0.05) is 6.61 Å². The first kappa shape index (κ1) is 54.5. The maximum atomic E-state index is 8.49. The van der Waals surface area contributed by atoms with Gasteiger partial charge in [0.2, 0.25) is 0 Å². The fourth-order valence-corrected chi connectivity index (χ4v) is 37.3. The summed E-state index contributed by atoms with van der Waals surface area (Å²) in [5.74, 6) is 0. The summed E-state index contributed by atoms with van der Waals surface area (Å²) in [6.07, 6.45) is 3.43. The molecule has 4 atom stereocenters. The van der Waals surface area contributed by atoms with Gasteiger partial charge in [-0.1, -0.05) is 6.08 Å². The van der Waals surface area contributed by atoms with Crippen LogP contribution in [0.25, 0.3) is 0 Å². The van der Waals surface area contributed by atoms with Crippen molar-refractivity contribution < 1.29 is 68.9 Å². The zero-order chi connectivity index (χ0) is 40.4. The predicted octanol–water partition coefficient (Wildman–Crippen LogP) is 7.89. The first-order valence-corrected chi connectivity index (χ1v) is 43.6. The molecule has 0 aromatic heterocycles. The Morgan fingerprint density at radius 1 is 0.647 bits per heavy atom. The topological polar surface area (TPSA) is 133 Å². The molecule has 21 heteroatoms. The molecule has 51 heavy (non-hydrogen) atoms. The van der Waals surface area contributed by atoms with Crippen LogP contribution in [0.3, 0.4) is 0 Å². The van der Waals surface area contributed by atoms with Crippen molar-refractivity contribution >= 4 is 68.2 Å². The summed E-state index contributed by atoms with van der Waals surface area (Å²) in [6, 6.07) is 0.953. The Morgan fingerprint density at radius 2 is 1.06 bits per heavy atom. The molecule has 310 valence electrons. The molecule has 0 aromatic carbocycles. The Balaban J connectivity index is 0. The van der Waals surface area contributed by atoms with Gasteiger partial charge in [-0.15, -0.1) is 6.58 Å². The second-order valence-electron chi connectivity index (χ2n) is 17.6. The van der Waals surface area contributed by atoms with Crippen molar-refractivity contribution in [2.24, 2.45) is 0 Å². The zero-order valence-electron chi connectivity index (χ0n) is 35.4. The van der Waals surface area contributed by atoms with Gasteiger partial charge in [0.05, 0.1) is 33.0 Å². The minimum absolute atomic E-state index is 0.333. The average Bonchev–Trinajstić information content (AvgIpc) is 3.75. The van der Waals surface area contributed by atoms with Crippen molar-refractivity contribution in [3.05, 3.63) is 12.7 Å². The van der Waals surface area contributed by atoms with Gasteiger partial charge in [-0.3, -0.25) is 0 Å². The standard InChI is InChI=1S/C15H38O5Si4.C9H28O3Si4.C6H10O2.2O.Pt/c1-21(2,3)18-23(7,8)20-24(9,19-22(4,5)6)12-10-11-16-13-15-14-17-15;1-13(10-14(2,3)4)11-16(8,9)12-15(5,6)7;1-2-3-7-4-6-5-8-6;;;/h15H,10-14H2,1-9H3;13H,1-9H3;2,6H,1,3-5H2;;;. The zero-order valence-corrected chi connectivity index (χ0v) is 45.8. The third-order valence-electron chi connectivity index (χ3n) is 5.62. The molecule has 0 spiro atoms. The molecule has 0 bridgehead atoms. The average molecular weight is 1050 g/mol. The Hall–Kier alpha value is 1.36. The summed E-state index contributed by atoms with van der Waals surface area (Å²) < 4.78 is 75.6. The van der Waals surface area contributed by atoms with Crippen molar-refractivity contribution in [2.75, 3.05) is 39.6 Å². The number of epoxide rings is 2. The van der Waals surface area contributed by atoms with Gasteiger partial charge in [-0.05, 0) is 130 Å². The summed E-state index contributed by atoms with van der Waals surface area (Å²) >= 11 is -1.92. The van der Waals surface area contributed by atoms with Gasteiger partial charge in [-0.2, -0.15) is 0 Å². The Labute approximate surface area is 330 Å². The van der Waals surface area contributed by atoms with E-state index in [-0.39, 0.29) is 0 Å². The van der Waals surface area contributed by atoms with E-state index >= 15 is 0 Å². The molecule has 0 N–H and O–H groups in total. The van der Waals surface area contributed by atoms with Gasteiger partial charge in [0.25, 0.3) is 9.28 Å². The van der Waals surface area contributed by atoms with E-state index in [2.05, 4.69) is 124 Å². The van der Waals surface area contributed by atoms with Crippen molar-refractivity contribution in [1.82, 2.24) is 0 Å². The van der Waals surface area contributed by atoms with Crippen LogP contribution in [-0.2, 0) is 68.9 Å². The van der Waals surface area contributed by atoms with Gasteiger partial charge in [0.15, 0.2) is 33.3 Å². The molecule has 0 amide bonds. The van der Waals surface area contributed by atoms with Crippen LogP contribution in [0, 0.1) is 0 Å². The number of hydrogen-bond acceptors (Lipinski definition) is 12. The van der Waals surface area contributed by atoms with E-state index in [0.717, 1.165) is 38.9 Å². The molecule has 12 nitrogen and oxygen atoms in total. The van der Waals surface area contributed by atoms with Crippen LogP contribution in [0.4, 0.5) is 0 Å². The van der Waals surface area contributed by atoms with E-state index in [9.17, 15) is 0 Å². The van der Waals surface area contributed by atoms with E-state index in [1.807, 2.05) is 0 Å². The summed E-state index contributed by atoms with van der Waals surface area (Å²) in [4.78, 5) is 0. The van der Waals surface area contributed by atoms with Gasteiger partial charge in [-0.25, -0.2) is 0 Å². The monoisotopic (exact) mass is 1050 g/mol. The van der Waals surface area contributed by atoms with Crippen molar-refractivity contribution in [2.45, 2.75) is 143 Å². The summed E-state index contributed by atoms with van der Waals surface area (Å²) in [7, 11) is -14.2. The van der Waals surface area contributed by atoms with Gasteiger partial charge < -0.3 is 43.6 Å². The second kappa shape index (κ2) is 24.9. The first-order chi connectivity index (χ1) is 22.9. The molecular weight excluding hydrogens is 972 g/mol. The fourth-order valence-electron chi connectivity index (χ4n) is 5.05.